The zero-order valence-corrected chi connectivity index (χ0v) is 30.8. The maximum Gasteiger partial charge on any atom is -0.00199 e. The van der Waals surface area contributed by atoms with Crippen LogP contribution < -0.4 is 0 Å². The molecule has 0 N–H and O–H groups in total. The van der Waals surface area contributed by atoms with E-state index in [9.17, 15) is 0 Å². The molecule has 0 aliphatic heterocycles. The molecule has 0 heteroatoms. The lowest BCUT2D eigenvalue weighted by Crippen LogP contribution is -1.94. The van der Waals surface area contributed by atoms with Crippen molar-refractivity contribution in [1.82, 2.24) is 0 Å². The van der Waals surface area contributed by atoms with Crippen LogP contribution >= 0.6 is 0 Å². The molecule has 0 unspecified atom stereocenters. The molecule has 0 atom stereocenters. The highest BCUT2D eigenvalue weighted by Crippen LogP contribution is 2.48. The van der Waals surface area contributed by atoms with Gasteiger partial charge in [-0.2, -0.15) is 0 Å². The summed E-state index contributed by atoms with van der Waals surface area (Å²) in [5.74, 6) is 0. The van der Waals surface area contributed by atoms with E-state index in [1.807, 2.05) is 0 Å². The molecule has 56 heavy (non-hydrogen) atoms. The van der Waals surface area contributed by atoms with Crippen molar-refractivity contribution < 1.29 is 0 Å². The second-order valence-corrected chi connectivity index (χ2v) is 14.8. The van der Waals surface area contributed by atoms with Crippen molar-refractivity contribution in [3.8, 4) is 55.6 Å². The molecule has 11 aromatic carbocycles. The SMILES string of the molecule is c1ccc(-c2c3ccccc3c(-c3cccc4ccccc34)c3ccc(-c4ccc(-c5cccc6ccccc56)cc4)cc23)c(-c2cccc3ccccc23)c1. The molecule has 260 valence electrons. The molecular formula is C56H36. The van der Waals surface area contributed by atoms with Gasteiger partial charge in [-0.25, -0.2) is 0 Å². The molecule has 0 nitrogen and oxygen atoms in total. The van der Waals surface area contributed by atoms with Crippen LogP contribution in [0.25, 0.3) is 109 Å². The van der Waals surface area contributed by atoms with E-state index >= 15 is 0 Å². The molecule has 11 aromatic rings. The normalized spacial score (nSPS) is 11.6. The van der Waals surface area contributed by atoms with E-state index in [0.29, 0.717) is 0 Å². The monoisotopic (exact) mass is 708 g/mol. The highest BCUT2D eigenvalue weighted by molar-refractivity contribution is 6.25. The molecule has 0 saturated heterocycles. The number of benzene rings is 11. The molecule has 0 heterocycles. The largest absolute Gasteiger partial charge is 0.0616 e. The maximum absolute atomic E-state index is 2.44. The summed E-state index contributed by atoms with van der Waals surface area (Å²) in [6, 6.07) is 80.4. The Labute approximate surface area is 326 Å². The Morgan fingerprint density at radius 1 is 0.179 bits per heavy atom. The molecule has 0 spiro atoms. The highest BCUT2D eigenvalue weighted by Gasteiger charge is 2.21. The standard InChI is InChI=1S/C56H36/c1-4-20-43-38(14-1)17-11-27-44(43)41-32-30-37(31-33-41)42-34-35-53-54(36-42)56(50-24-8-7-23-48(50)47-28-12-18-39-15-2-5-21-45(39)47)52-26-10-9-25-51(52)55(53)49-29-13-19-40-16-3-6-22-46(40)49/h1-36H. The van der Waals surface area contributed by atoms with Gasteiger partial charge in [-0.1, -0.05) is 212 Å². The third kappa shape index (κ3) is 5.22. The predicted octanol–water partition coefficient (Wildman–Crippen LogP) is 15.8. The summed E-state index contributed by atoms with van der Waals surface area (Å²) in [7, 11) is 0. The molecule has 0 aromatic heterocycles. The lowest BCUT2D eigenvalue weighted by molar-refractivity contribution is 1.61. The van der Waals surface area contributed by atoms with E-state index in [4.69, 9.17) is 0 Å². The Hall–Kier alpha value is -7.28. The van der Waals surface area contributed by atoms with E-state index in [-0.39, 0.29) is 0 Å². The van der Waals surface area contributed by atoms with Crippen molar-refractivity contribution in [3.05, 3.63) is 218 Å². The van der Waals surface area contributed by atoms with Crippen LogP contribution in [0.4, 0.5) is 0 Å². The van der Waals surface area contributed by atoms with Crippen LogP contribution in [0.1, 0.15) is 0 Å². The van der Waals surface area contributed by atoms with Crippen LogP contribution in [0.2, 0.25) is 0 Å². The Morgan fingerprint density at radius 2 is 0.554 bits per heavy atom. The first-order valence-electron chi connectivity index (χ1n) is 19.4. The van der Waals surface area contributed by atoms with Crippen LogP contribution in [0, 0.1) is 0 Å². The van der Waals surface area contributed by atoms with Crippen molar-refractivity contribution in [3.63, 3.8) is 0 Å². The molecule has 0 fully saturated rings. The minimum Gasteiger partial charge on any atom is -0.0616 e. The molecule has 11 rings (SSSR count). The van der Waals surface area contributed by atoms with Gasteiger partial charge in [-0.3, -0.25) is 0 Å². The third-order valence-corrected chi connectivity index (χ3v) is 11.7. The smallest absolute Gasteiger partial charge is 0.00199 e. The predicted molar refractivity (Wildman–Crippen MR) is 241 cm³/mol. The second-order valence-electron chi connectivity index (χ2n) is 14.8. The van der Waals surface area contributed by atoms with Gasteiger partial charge in [-0.05, 0) is 116 Å². The van der Waals surface area contributed by atoms with Gasteiger partial charge in [0.2, 0.25) is 0 Å². The van der Waals surface area contributed by atoms with E-state index in [1.54, 1.807) is 0 Å². The van der Waals surface area contributed by atoms with E-state index < -0.39 is 0 Å². The van der Waals surface area contributed by atoms with Gasteiger partial charge in [0.15, 0.2) is 0 Å². The molecule has 0 bridgehead atoms. The van der Waals surface area contributed by atoms with Gasteiger partial charge in [0.25, 0.3) is 0 Å². The van der Waals surface area contributed by atoms with Crippen LogP contribution in [-0.2, 0) is 0 Å². The quantitative estimate of drug-likeness (QED) is 0.156. The van der Waals surface area contributed by atoms with Crippen molar-refractivity contribution in [2.45, 2.75) is 0 Å². The maximum atomic E-state index is 2.44. The van der Waals surface area contributed by atoms with Gasteiger partial charge < -0.3 is 0 Å². The van der Waals surface area contributed by atoms with Crippen LogP contribution in [-0.4, -0.2) is 0 Å². The molecule has 0 aliphatic rings. The first kappa shape index (κ1) is 32.2. The van der Waals surface area contributed by atoms with Gasteiger partial charge in [-0.15, -0.1) is 0 Å². The van der Waals surface area contributed by atoms with Crippen molar-refractivity contribution in [2.24, 2.45) is 0 Å². The zero-order chi connectivity index (χ0) is 37.0. The fraction of sp³-hybridized carbons (Fsp3) is 0. The zero-order valence-electron chi connectivity index (χ0n) is 30.8. The van der Waals surface area contributed by atoms with Gasteiger partial charge in [0, 0.05) is 0 Å². The van der Waals surface area contributed by atoms with Crippen molar-refractivity contribution >= 4 is 53.9 Å². The minimum atomic E-state index is 1.20. The lowest BCUT2D eigenvalue weighted by atomic mass is 9.82. The molecule has 0 saturated carbocycles. The first-order chi connectivity index (χ1) is 27.8. The minimum absolute atomic E-state index is 1.20. The van der Waals surface area contributed by atoms with Crippen LogP contribution in [0.3, 0.4) is 0 Å². The van der Waals surface area contributed by atoms with Gasteiger partial charge in [0.05, 0.1) is 0 Å². The van der Waals surface area contributed by atoms with Crippen LogP contribution in [0.5, 0.6) is 0 Å². The molecule has 0 radical (unpaired) electrons. The van der Waals surface area contributed by atoms with E-state index in [2.05, 4.69) is 218 Å². The average Bonchev–Trinajstić information content (AvgIpc) is 3.27. The summed E-state index contributed by atoms with van der Waals surface area (Å²) < 4.78 is 0. The Balaban J connectivity index is 1.20. The van der Waals surface area contributed by atoms with Gasteiger partial charge >= 0.3 is 0 Å². The summed E-state index contributed by atoms with van der Waals surface area (Å²) in [6.07, 6.45) is 0. The summed E-state index contributed by atoms with van der Waals surface area (Å²) in [4.78, 5) is 0. The lowest BCUT2D eigenvalue weighted by Gasteiger charge is -2.21. The summed E-state index contributed by atoms with van der Waals surface area (Å²) in [6.45, 7) is 0. The van der Waals surface area contributed by atoms with E-state index in [1.165, 1.54) is 109 Å². The fourth-order valence-electron chi connectivity index (χ4n) is 9.10. The van der Waals surface area contributed by atoms with E-state index in [0.717, 1.165) is 0 Å². The van der Waals surface area contributed by atoms with Gasteiger partial charge in [0.1, 0.15) is 0 Å². The molecular weight excluding hydrogens is 673 g/mol. The molecule has 0 amide bonds. The fourth-order valence-corrected chi connectivity index (χ4v) is 9.10. The Morgan fingerprint density at radius 3 is 1.18 bits per heavy atom. The van der Waals surface area contributed by atoms with Crippen molar-refractivity contribution in [1.29, 1.82) is 0 Å². The second kappa shape index (κ2) is 13.2. The molecule has 0 aliphatic carbocycles. The number of hydrogen-bond acceptors (Lipinski definition) is 0. The highest BCUT2D eigenvalue weighted by atomic mass is 14.2. The summed E-state index contributed by atoms with van der Waals surface area (Å²) >= 11 is 0. The average molecular weight is 709 g/mol. The number of rotatable bonds is 5. The summed E-state index contributed by atoms with van der Waals surface area (Å²) in [5.41, 5.74) is 12.4. The van der Waals surface area contributed by atoms with Crippen LogP contribution in [0.15, 0.2) is 218 Å². The number of hydrogen-bond donors (Lipinski definition) is 0. The Kier molecular flexibility index (Phi) is 7.60. The topological polar surface area (TPSA) is 0 Å². The Bertz CT molecular complexity index is 3280. The first-order valence-corrected chi connectivity index (χ1v) is 19.4. The van der Waals surface area contributed by atoms with Crippen molar-refractivity contribution in [2.75, 3.05) is 0 Å². The third-order valence-electron chi connectivity index (χ3n) is 11.7. The number of fused-ring (bicyclic) bond motifs is 5. The summed E-state index contributed by atoms with van der Waals surface area (Å²) in [5, 5.41) is 12.5.